The molecule has 1 unspecified atom stereocenters. The van der Waals surface area contributed by atoms with Gasteiger partial charge in [-0.25, -0.2) is 0 Å². The molecule has 0 amide bonds. The number of ether oxygens (including phenoxy) is 1. The fourth-order valence-electron chi connectivity index (χ4n) is 5.31. The van der Waals surface area contributed by atoms with Crippen LogP contribution in [0.25, 0.3) is 11.1 Å². The van der Waals surface area contributed by atoms with Crippen LogP contribution in [0.15, 0.2) is 48.5 Å². The minimum Gasteiger partial charge on any atom is -0.494 e. The highest BCUT2D eigenvalue weighted by molar-refractivity contribution is 5.64. The Labute approximate surface area is 237 Å². The number of unbranched alkanes of at least 4 members (excludes halogenated alkanes) is 15. The van der Waals surface area contributed by atoms with Crippen molar-refractivity contribution in [1.82, 2.24) is 0 Å². The molecule has 2 rings (SSSR count). The van der Waals surface area contributed by atoms with Crippen LogP contribution in [-0.2, 0) is 6.42 Å². The van der Waals surface area contributed by atoms with Gasteiger partial charge in [0.25, 0.3) is 0 Å². The highest BCUT2D eigenvalue weighted by Gasteiger charge is 2.02. The van der Waals surface area contributed by atoms with Gasteiger partial charge in [-0.1, -0.05) is 166 Å². The number of aryl methyl sites for hydroxylation is 1. The molecule has 0 bridgehead atoms. The monoisotopic (exact) mass is 520 g/mol. The summed E-state index contributed by atoms with van der Waals surface area (Å²) in [5.41, 5.74) is 4.02. The van der Waals surface area contributed by atoms with Crippen LogP contribution in [0.1, 0.15) is 148 Å². The van der Waals surface area contributed by atoms with Gasteiger partial charge in [0.1, 0.15) is 5.75 Å². The zero-order valence-electron chi connectivity index (χ0n) is 25.5. The molecule has 214 valence electrons. The molecule has 0 spiro atoms. The van der Waals surface area contributed by atoms with Crippen molar-refractivity contribution in [2.24, 2.45) is 5.92 Å². The Balaban J connectivity index is 1.44. The first kappa shape index (κ1) is 32.5. The molecule has 2 aromatic carbocycles. The molecule has 0 saturated carbocycles. The van der Waals surface area contributed by atoms with E-state index in [4.69, 9.17) is 4.74 Å². The van der Waals surface area contributed by atoms with Crippen molar-refractivity contribution >= 4 is 0 Å². The second-order valence-electron chi connectivity index (χ2n) is 11.8. The summed E-state index contributed by atoms with van der Waals surface area (Å²) in [7, 11) is 0. The SMILES string of the molecule is CCCCCCCCCCCCCCCCCCOc1ccc(-c2ccc(CCCC(C)CC)cc2)cc1. The van der Waals surface area contributed by atoms with Crippen molar-refractivity contribution in [2.75, 3.05) is 6.61 Å². The first-order chi connectivity index (χ1) is 18.7. The average molecular weight is 521 g/mol. The summed E-state index contributed by atoms with van der Waals surface area (Å²) >= 11 is 0. The molecule has 0 aromatic heterocycles. The maximum atomic E-state index is 6.01. The second kappa shape index (κ2) is 22.1. The van der Waals surface area contributed by atoms with Gasteiger partial charge in [-0.3, -0.25) is 0 Å². The zero-order valence-corrected chi connectivity index (χ0v) is 25.5. The minimum atomic E-state index is 0.836. The van der Waals surface area contributed by atoms with E-state index in [1.165, 1.54) is 145 Å². The lowest BCUT2D eigenvalue weighted by molar-refractivity contribution is 0.304. The Morgan fingerprint density at radius 1 is 0.526 bits per heavy atom. The van der Waals surface area contributed by atoms with E-state index in [0.29, 0.717) is 0 Å². The summed E-state index contributed by atoms with van der Waals surface area (Å²) in [6.45, 7) is 7.78. The van der Waals surface area contributed by atoms with E-state index in [2.05, 4.69) is 69.3 Å². The third kappa shape index (κ3) is 15.6. The summed E-state index contributed by atoms with van der Waals surface area (Å²) in [5.74, 6) is 1.84. The number of rotatable bonds is 24. The fraction of sp³-hybridized carbons (Fsp3) is 0.676. The molecule has 0 fully saturated rings. The molecule has 38 heavy (non-hydrogen) atoms. The first-order valence-electron chi connectivity index (χ1n) is 16.5. The van der Waals surface area contributed by atoms with Gasteiger partial charge in [0, 0.05) is 0 Å². The van der Waals surface area contributed by atoms with E-state index < -0.39 is 0 Å². The Hall–Kier alpha value is -1.76. The lowest BCUT2D eigenvalue weighted by Gasteiger charge is -2.09. The molecule has 0 N–H and O–H groups in total. The van der Waals surface area contributed by atoms with Crippen LogP contribution in [0.5, 0.6) is 5.75 Å². The maximum absolute atomic E-state index is 6.01. The van der Waals surface area contributed by atoms with Crippen molar-refractivity contribution in [3.05, 3.63) is 54.1 Å². The van der Waals surface area contributed by atoms with E-state index >= 15 is 0 Å². The predicted molar refractivity (Wildman–Crippen MR) is 169 cm³/mol. The van der Waals surface area contributed by atoms with Gasteiger partial charge in [-0.2, -0.15) is 0 Å². The van der Waals surface area contributed by atoms with E-state index in [9.17, 15) is 0 Å². The number of benzene rings is 2. The van der Waals surface area contributed by atoms with E-state index in [-0.39, 0.29) is 0 Å². The molecule has 2 aromatic rings. The minimum absolute atomic E-state index is 0.836. The van der Waals surface area contributed by atoms with E-state index in [1.54, 1.807) is 0 Å². The van der Waals surface area contributed by atoms with Crippen LogP contribution in [-0.4, -0.2) is 6.61 Å². The molecule has 0 saturated heterocycles. The molecule has 1 heteroatoms. The van der Waals surface area contributed by atoms with Crippen LogP contribution in [0.2, 0.25) is 0 Å². The van der Waals surface area contributed by atoms with Crippen molar-refractivity contribution in [2.45, 2.75) is 149 Å². The summed E-state index contributed by atoms with van der Waals surface area (Å²) in [4.78, 5) is 0. The van der Waals surface area contributed by atoms with Gasteiger partial charge in [-0.15, -0.1) is 0 Å². The Morgan fingerprint density at radius 2 is 0.974 bits per heavy atom. The topological polar surface area (TPSA) is 9.23 Å². The predicted octanol–water partition coefficient (Wildman–Crippen LogP) is 12.4. The van der Waals surface area contributed by atoms with Gasteiger partial charge in [-0.05, 0) is 54.0 Å². The highest BCUT2D eigenvalue weighted by atomic mass is 16.5. The van der Waals surface area contributed by atoms with Crippen LogP contribution in [0, 0.1) is 5.92 Å². The molecule has 0 aliphatic heterocycles. The van der Waals surface area contributed by atoms with Gasteiger partial charge in [0.15, 0.2) is 0 Å². The molecule has 0 aliphatic rings. The van der Waals surface area contributed by atoms with Crippen LogP contribution < -0.4 is 4.74 Å². The average Bonchev–Trinajstić information content (AvgIpc) is 2.95. The number of hydrogen-bond acceptors (Lipinski definition) is 1. The highest BCUT2D eigenvalue weighted by Crippen LogP contribution is 2.24. The largest absolute Gasteiger partial charge is 0.494 e. The molecule has 0 heterocycles. The molecular formula is C37H60O. The Morgan fingerprint density at radius 3 is 1.45 bits per heavy atom. The molecule has 1 nitrogen and oxygen atoms in total. The van der Waals surface area contributed by atoms with Gasteiger partial charge >= 0.3 is 0 Å². The van der Waals surface area contributed by atoms with Crippen LogP contribution in [0.4, 0.5) is 0 Å². The first-order valence-corrected chi connectivity index (χ1v) is 16.5. The quantitative estimate of drug-likeness (QED) is 0.125. The van der Waals surface area contributed by atoms with Crippen molar-refractivity contribution in [1.29, 1.82) is 0 Å². The van der Waals surface area contributed by atoms with Crippen molar-refractivity contribution in [3.63, 3.8) is 0 Å². The third-order valence-electron chi connectivity index (χ3n) is 8.27. The Kier molecular flexibility index (Phi) is 18.9. The second-order valence-corrected chi connectivity index (χ2v) is 11.8. The van der Waals surface area contributed by atoms with Gasteiger partial charge in [0.2, 0.25) is 0 Å². The Bertz CT molecular complexity index is 775. The smallest absolute Gasteiger partial charge is 0.119 e. The molecule has 1 atom stereocenters. The fourth-order valence-corrected chi connectivity index (χ4v) is 5.31. The summed E-state index contributed by atoms with van der Waals surface area (Å²) < 4.78 is 6.01. The lowest BCUT2D eigenvalue weighted by Crippen LogP contribution is -1.97. The van der Waals surface area contributed by atoms with Gasteiger partial charge < -0.3 is 4.74 Å². The zero-order chi connectivity index (χ0) is 27.1. The van der Waals surface area contributed by atoms with Crippen molar-refractivity contribution < 1.29 is 4.74 Å². The lowest BCUT2D eigenvalue weighted by atomic mass is 9.98. The molecular weight excluding hydrogens is 460 g/mol. The third-order valence-corrected chi connectivity index (χ3v) is 8.27. The molecule has 0 aliphatic carbocycles. The number of hydrogen-bond donors (Lipinski definition) is 0. The van der Waals surface area contributed by atoms with Crippen LogP contribution in [0.3, 0.4) is 0 Å². The standard InChI is InChI=1S/C37H60O/c1-4-6-7-8-9-10-11-12-13-14-15-16-17-18-19-20-32-38-37-30-28-36(29-31-37)35-26-24-34(25-27-35)23-21-22-33(3)5-2/h24-31,33H,4-23,32H2,1-3H3. The summed E-state index contributed by atoms with van der Waals surface area (Å²) in [6.07, 6.45) is 27.6. The van der Waals surface area contributed by atoms with Gasteiger partial charge in [0.05, 0.1) is 6.61 Å². The van der Waals surface area contributed by atoms with E-state index in [0.717, 1.165) is 18.3 Å². The van der Waals surface area contributed by atoms with Crippen molar-refractivity contribution in [3.8, 4) is 16.9 Å². The summed E-state index contributed by atoms with van der Waals surface area (Å²) in [5, 5.41) is 0. The van der Waals surface area contributed by atoms with Crippen LogP contribution >= 0.6 is 0 Å². The van der Waals surface area contributed by atoms with E-state index in [1.807, 2.05) is 0 Å². The maximum Gasteiger partial charge on any atom is 0.119 e. The molecule has 0 radical (unpaired) electrons. The summed E-state index contributed by atoms with van der Waals surface area (Å²) in [6, 6.07) is 17.8. The normalized spacial score (nSPS) is 12.1.